The molecule has 120 valence electrons. The number of hydrogen-bond acceptors (Lipinski definition) is 3. The van der Waals surface area contributed by atoms with E-state index in [4.69, 9.17) is 16.3 Å². The molecule has 5 heteroatoms. The molecule has 3 rings (SSSR count). The Hall–Kier alpha value is -1.10. The molecule has 4 nitrogen and oxygen atoms in total. The van der Waals surface area contributed by atoms with E-state index in [1.54, 1.807) is 0 Å². The number of rotatable bonds is 3. The Labute approximate surface area is 136 Å². The van der Waals surface area contributed by atoms with Gasteiger partial charge in [0, 0.05) is 24.3 Å². The number of carbonyl (C=O) groups is 1. The van der Waals surface area contributed by atoms with Crippen LogP contribution in [-0.4, -0.2) is 38.3 Å². The number of hydrogen-bond donors (Lipinski definition) is 2. The highest BCUT2D eigenvalue weighted by Crippen LogP contribution is 2.39. The van der Waals surface area contributed by atoms with Crippen LogP contribution in [0.4, 0.5) is 0 Å². The van der Waals surface area contributed by atoms with Gasteiger partial charge in [-0.1, -0.05) is 29.8 Å². The highest BCUT2D eigenvalue weighted by Gasteiger charge is 2.43. The lowest BCUT2D eigenvalue weighted by Gasteiger charge is -2.38. The predicted octanol–water partition coefficient (Wildman–Crippen LogP) is 2.26. The van der Waals surface area contributed by atoms with E-state index in [9.17, 15) is 4.79 Å². The van der Waals surface area contributed by atoms with E-state index in [2.05, 4.69) is 10.6 Å². The largest absolute Gasteiger partial charge is 0.381 e. The van der Waals surface area contributed by atoms with Gasteiger partial charge in [0.25, 0.3) is 0 Å². The third-order valence-corrected chi connectivity index (χ3v) is 5.17. The lowest BCUT2D eigenvalue weighted by Crippen LogP contribution is -2.53. The van der Waals surface area contributed by atoms with Crippen LogP contribution >= 0.6 is 11.6 Å². The molecule has 0 aliphatic carbocycles. The van der Waals surface area contributed by atoms with Crippen LogP contribution in [-0.2, 0) is 14.9 Å². The Morgan fingerprint density at radius 1 is 1.23 bits per heavy atom. The molecule has 1 aromatic carbocycles. The van der Waals surface area contributed by atoms with Gasteiger partial charge in [-0.25, -0.2) is 0 Å². The molecule has 2 aliphatic rings. The Kier molecular flexibility index (Phi) is 5.01. The van der Waals surface area contributed by atoms with E-state index >= 15 is 0 Å². The summed E-state index contributed by atoms with van der Waals surface area (Å²) in [7, 11) is 0. The number of benzene rings is 1. The first-order valence-electron chi connectivity index (χ1n) is 8.07. The zero-order valence-corrected chi connectivity index (χ0v) is 13.5. The Morgan fingerprint density at radius 3 is 2.59 bits per heavy atom. The van der Waals surface area contributed by atoms with E-state index in [0.717, 1.165) is 31.5 Å². The smallest absolute Gasteiger partial charge is 0.231 e. The van der Waals surface area contributed by atoms with Crippen molar-refractivity contribution in [1.29, 1.82) is 0 Å². The fourth-order valence-corrected chi connectivity index (χ4v) is 3.79. The molecule has 1 amide bonds. The molecule has 0 saturated carbocycles. The molecule has 2 saturated heterocycles. The summed E-state index contributed by atoms with van der Waals surface area (Å²) in [5.41, 5.74) is 0.382. The van der Waals surface area contributed by atoms with Crippen LogP contribution in [0.15, 0.2) is 24.3 Å². The number of carbonyl (C=O) groups excluding carboxylic acids is 1. The Balaban J connectivity index is 1.85. The monoisotopic (exact) mass is 322 g/mol. The van der Waals surface area contributed by atoms with Crippen molar-refractivity contribution >= 4 is 17.5 Å². The fraction of sp³-hybridized carbons (Fsp3) is 0.588. The van der Waals surface area contributed by atoms with E-state index in [1.165, 1.54) is 0 Å². The van der Waals surface area contributed by atoms with Gasteiger partial charge in [0.05, 0.1) is 5.41 Å². The summed E-state index contributed by atoms with van der Waals surface area (Å²) in [5.74, 6) is 0.107. The maximum Gasteiger partial charge on any atom is 0.231 e. The summed E-state index contributed by atoms with van der Waals surface area (Å²) in [4.78, 5) is 13.1. The van der Waals surface area contributed by atoms with Gasteiger partial charge in [-0.15, -0.1) is 0 Å². The summed E-state index contributed by atoms with van der Waals surface area (Å²) in [6.45, 7) is 3.13. The predicted molar refractivity (Wildman–Crippen MR) is 87.2 cm³/mol. The fourth-order valence-electron chi connectivity index (χ4n) is 3.48. The van der Waals surface area contributed by atoms with Gasteiger partial charge in [0.1, 0.15) is 0 Å². The molecule has 1 aromatic rings. The third kappa shape index (κ3) is 3.14. The molecule has 2 fully saturated rings. The molecule has 0 bridgehead atoms. The zero-order chi connectivity index (χ0) is 15.4. The molecule has 22 heavy (non-hydrogen) atoms. The first-order chi connectivity index (χ1) is 10.7. The second kappa shape index (κ2) is 6.99. The third-order valence-electron chi connectivity index (χ3n) is 4.84. The second-order valence-corrected chi connectivity index (χ2v) is 6.58. The number of nitrogens with one attached hydrogen (secondary N) is 2. The molecule has 2 heterocycles. The lowest BCUT2D eigenvalue weighted by molar-refractivity contribution is -0.131. The highest BCUT2D eigenvalue weighted by molar-refractivity contribution is 6.31. The first kappa shape index (κ1) is 15.8. The second-order valence-electron chi connectivity index (χ2n) is 6.17. The van der Waals surface area contributed by atoms with E-state index in [-0.39, 0.29) is 11.9 Å². The normalized spacial score (nSPS) is 22.2. The standard InChI is InChI=1S/C17H23ClN2O2/c18-15-4-2-1-3-14(15)17(7-11-22-12-8-17)16(21)20-13-5-9-19-10-6-13/h1-4,13,19H,5-12H2,(H,20,21). The molecule has 0 aromatic heterocycles. The van der Waals surface area contributed by atoms with Gasteiger partial charge >= 0.3 is 0 Å². The van der Waals surface area contributed by atoms with Crippen molar-refractivity contribution < 1.29 is 9.53 Å². The molecule has 0 atom stereocenters. The van der Waals surface area contributed by atoms with Crippen LogP contribution in [0.1, 0.15) is 31.2 Å². The SMILES string of the molecule is O=C(NC1CCNCC1)C1(c2ccccc2Cl)CCOCC1. The van der Waals surface area contributed by atoms with Crippen molar-refractivity contribution in [3.63, 3.8) is 0 Å². The molecule has 0 unspecified atom stereocenters. The number of amides is 1. The van der Waals surface area contributed by atoms with Crippen molar-refractivity contribution in [2.75, 3.05) is 26.3 Å². The summed E-state index contributed by atoms with van der Waals surface area (Å²) < 4.78 is 5.49. The maximum atomic E-state index is 13.1. The van der Waals surface area contributed by atoms with Crippen molar-refractivity contribution in [2.45, 2.75) is 37.1 Å². The summed E-state index contributed by atoms with van der Waals surface area (Å²) in [5, 5.41) is 7.26. The van der Waals surface area contributed by atoms with Gasteiger partial charge in [-0.05, 0) is 50.4 Å². The van der Waals surface area contributed by atoms with E-state index in [1.807, 2.05) is 24.3 Å². The minimum Gasteiger partial charge on any atom is -0.381 e. The molecular weight excluding hydrogens is 300 g/mol. The van der Waals surface area contributed by atoms with Gasteiger partial charge in [-0.2, -0.15) is 0 Å². The van der Waals surface area contributed by atoms with Crippen LogP contribution in [0.5, 0.6) is 0 Å². The van der Waals surface area contributed by atoms with Crippen LogP contribution in [0.2, 0.25) is 5.02 Å². The van der Waals surface area contributed by atoms with Crippen LogP contribution in [0.25, 0.3) is 0 Å². The van der Waals surface area contributed by atoms with Gasteiger partial charge < -0.3 is 15.4 Å². The van der Waals surface area contributed by atoms with Crippen molar-refractivity contribution in [1.82, 2.24) is 10.6 Å². The van der Waals surface area contributed by atoms with Crippen LogP contribution < -0.4 is 10.6 Å². The quantitative estimate of drug-likeness (QED) is 0.897. The summed E-state index contributed by atoms with van der Waals surface area (Å²) in [6, 6.07) is 7.97. The minimum atomic E-state index is -0.554. The molecule has 0 radical (unpaired) electrons. The number of halogens is 1. The number of ether oxygens (including phenoxy) is 1. The first-order valence-corrected chi connectivity index (χ1v) is 8.45. The van der Waals surface area contributed by atoms with Crippen molar-refractivity contribution in [2.24, 2.45) is 0 Å². The minimum absolute atomic E-state index is 0.107. The van der Waals surface area contributed by atoms with Crippen molar-refractivity contribution in [3.8, 4) is 0 Å². The summed E-state index contributed by atoms with van der Waals surface area (Å²) >= 11 is 6.40. The summed E-state index contributed by atoms with van der Waals surface area (Å²) in [6.07, 6.45) is 3.35. The van der Waals surface area contributed by atoms with Crippen LogP contribution in [0, 0.1) is 0 Å². The average molecular weight is 323 g/mol. The molecular formula is C17H23ClN2O2. The van der Waals surface area contributed by atoms with Crippen LogP contribution in [0.3, 0.4) is 0 Å². The van der Waals surface area contributed by atoms with Gasteiger partial charge in [-0.3, -0.25) is 4.79 Å². The van der Waals surface area contributed by atoms with Gasteiger partial charge in [0.2, 0.25) is 5.91 Å². The molecule has 0 spiro atoms. The highest BCUT2D eigenvalue weighted by atomic mass is 35.5. The van der Waals surface area contributed by atoms with E-state index in [0.29, 0.717) is 31.1 Å². The zero-order valence-electron chi connectivity index (χ0n) is 12.7. The Morgan fingerprint density at radius 2 is 1.91 bits per heavy atom. The van der Waals surface area contributed by atoms with Crippen molar-refractivity contribution in [3.05, 3.63) is 34.9 Å². The molecule has 2 aliphatic heterocycles. The molecule has 2 N–H and O–H groups in total. The lowest BCUT2D eigenvalue weighted by atomic mass is 9.73. The Bertz CT molecular complexity index is 523. The maximum absolute atomic E-state index is 13.1. The number of piperidine rings is 1. The van der Waals surface area contributed by atoms with E-state index < -0.39 is 5.41 Å². The topological polar surface area (TPSA) is 50.4 Å². The van der Waals surface area contributed by atoms with Gasteiger partial charge in [0.15, 0.2) is 0 Å². The average Bonchev–Trinajstić information content (AvgIpc) is 2.57.